The van der Waals surface area contributed by atoms with Gasteiger partial charge in [0.25, 0.3) is 0 Å². The smallest absolute Gasteiger partial charge is 0.112 e. The van der Waals surface area contributed by atoms with Gasteiger partial charge in [-0.15, -0.1) is 0 Å². The molecule has 0 spiro atoms. The van der Waals surface area contributed by atoms with E-state index in [2.05, 4.69) is 38.3 Å². The van der Waals surface area contributed by atoms with E-state index in [9.17, 15) is 0 Å². The van der Waals surface area contributed by atoms with Crippen molar-refractivity contribution in [3.8, 4) is 0 Å². The first-order chi connectivity index (χ1) is 9.54. The Balaban J connectivity index is 2.40. The quantitative estimate of drug-likeness (QED) is 0.602. The number of unbranched alkanes of at least 4 members (excludes halogenated alkanes) is 2. The first kappa shape index (κ1) is 14.9. The summed E-state index contributed by atoms with van der Waals surface area (Å²) in [5, 5.41) is 0. The molecule has 1 aromatic carbocycles. The average molecular weight is 273 g/mol. The van der Waals surface area contributed by atoms with Crippen molar-refractivity contribution in [2.24, 2.45) is 0 Å². The minimum absolute atomic E-state index is 0.428. The number of nitrogens with two attached hydrogens (primary N) is 1. The highest BCUT2D eigenvalue weighted by molar-refractivity contribution is 5.80. The number of imidazole rings is 1. The van der Waals surface area contributed by atoms with E-state index in [-0.39, 0.29) is 0 Å². The predicted molar refractivity (Wildman–Crippen MR) is 87.1 cm³/mol. The fourth-order valence-electron chi connectivity index (χ4n) is 2.82. The molecule has 0 saturated heterocycles. The Labute approximate surface area is 122 Å². The molecule has 0 bridgehead atoms. The Hall–Kier alpha value is -1.51. The SMILES string of the molecule is CCCCCC(C)n1c(C(C)C)nc2cc(N)ccc21. The number of benzene rings is 1. The van der Waals surface area contributed by atoms with Crippen molar-refractivity contribution in [3.63, 3.8) is 0 Å². The van der Waals surface area contributed by atoms with Gasteiger partial charge in [-0.3, -0.25) is 0 Å². The lowest BCUT2D eigenvalue weighted by molar-refractivity contribution is 0.465. The third-order valence-corrected chi connectivity index (χ3v) is 3.92. The number of fused-ring (bicyclic) bond motifs is 1. The summed E-state index contributed by atoms with van der Waals surface area (Å²) in [4.78, 5) is 4.81. The number of aromatic nitrogens is 2. The number of rotatable bonds is 6. The zero-order valence-electron chi connectivity index (χ0n) is 13.2. The van der Waals surface area contributed by atoms with Crippen LogP contribution in [-0.4, -0.2) is 9.55 Å². The highest BCUT2D eigenvalue weighted by Gasteiger charge is 2.17. The van der Waals surface area contributed by atoms with Gasteiger partial charge in [0, 0.05) is 17.6 Å². The zero-order valence-corrected chi connectivity index (χ0v) is 13.2. The Kier molecular flexibility index (Phi) is 4.69. The second-order valence-electron chi connectivity index (χ2n) is 6.09. The van der Waals surface area contributed by atoms with Crippen LogP contribution in [0.1, 0.15) is 71.2 Å². The molecule has 1 atom stereocenters. The van der Waals surface area contributed by atoms with Gasteiger partial charge in [0.2, 0.25) is 0 Å². The number of anilines is 1. The molecule has 1 unspecified atom stereocenters. The lowest BCUT2D eigenvalue weighted by Gasteiger charge is -2.19. The molecular formula is C17H27N3. The van der Waals surface area contributed by atoms with Crippen LogP contribution in [0.2, 0.25) is 0 Å². The first-order valence-corrected chi connectivity index (χ1v) is 7.82. The van der Waals surface area contributed by atoms with Crippen molar-refractivity contribution in [1.82, 2.24) is 9.55 Å². The van der Waals surface area contributed by atoms with Crippen molar-refractivity contribution in [2.75, 3.05) is 5.73 Å². The van der Waals surface area contributed by atoms with Crippen LogP contribution in [-0.2, 0) is 0 Å². The molecule has 0 fully saturated rings. The van der Waals surface area contributed by atoms with Crippen molar-refractivity contribution >= 4 is 16.7 Å². The molecule has 2 N–H and O–H groups in total. The molecule has 20 heavy (non-hydrogen) atoms. The highest BCUT2D eigenvalue weighted by atomic mass is 15.1. The van der Waals surface area contributed by atoms with Gasteiger partial charge >= 0.3 is 0 Å². The topological polar surface area (TPSA) is 43.8 Å². The molecule has 2 rings (SSSR count). The maximum absolute atomic E-state index is 5.88. The molecule has 1 heterocycles. The fraction of sp³-hybridized carbons (Fsp3) is 0.588. The molecule has 0 aliphatic carbocycles. The van der Waals surface area contributed by atoms with Gasteiger partial charge in [0.15, 0.2) is 0 Å². The van der Waals surface area contributed by atoms with Crippen LogP contribution < -0.4 is 5.73 Å². The van der Waals surface area contributed by atoms with Gasteiger partial charge < -0.3 is 10.3 Å². The maximum atomic E-state index is 5.88. The first-order valence-electron chi connectivity index (χ1n) is 7.82. The summed E-state index contributed by atoms with van der Waals surface area (Å²) < 4.78 is 2.41. The average Bonchev–Trinajstić information content (AvgIpc) is 2.77. The van der Waals surface area contributed by atoms with Gasteiger partial charge in [0.05, 0.1) is 11.0 Å². The minimum Gasteiger partial charge on any atom is -0.399 e. The third kappa shape index (κ3) is 2.97. The third-order valence-electron chi connectivity index (χ3n) is 3.92. The second-order valence-corrected chi connectivity index (χ2v) is 6.09. The summed E-state index contributed by atoms with van der Waals surface area (Å²) in [6.45, 7) is 8.97. The molecule has 1 aromatic heterocycles. The van der Waals surface area contributed by atoms with Crippen molar-refractivity contribution < 1.29 is 0 Å². The normalized spacial score (nSPS) is 13.2. The van der Waals surface area contributed by atoms with Crippen LogP contribution in [0.4, 0.5) is 5.69 Å². The van der Waals surface area contributed by atoms with E-state index in [1.165, 1.54) is 37.0 Å². The lowest BCUT2D eigenvalue weighted by atomic mass is 10.1. The number of hydrogen-bond donors (Lipinski definition) is 1. The van der Waals surface area contributed by atoms with Gasteiger partial charge in [-0.1, -0.05) is 40.0 Å². The predicted octanol–water partition coefficient (Wildman–Crippen LogP) is 4.88. The van der Waals surface area contributed by atoms with E-state index >= 15 is 0 Å². The Morgan fingerprint density at radius 1 is 1.20 bits per heavy atom. The van der Waals surface area contributed by atoms with Crippen LogP contribution in [0.3, 0.4) is 0 Å². The van der Waals surface area contributed by atoms with Crippen LogP contribution in [0, 0.1) is 0 Å². The van der Waals surface area contributed by atoms with Gasteiger partial charge in [0.1, 0.15) is 5.82 Å². The highest BCUT2D eigenvalue weighted by Crippen LogP contribution is 2.29. The number of nitrogens with zero attached hydrogens (tertiary/aromatic N) is 2. The van der Waals surface area contributed by atoms with Crippen molar-refractivity contribution in [1.29, 1.82) is 0 Å². The molecule has 3 heteroatoms. The summed E-state index contributed by atoms with van der Waals surface area (Å²) in [6.07, 6.45) is 5.07. The van der Waals surface area contributed by atoms with E-state index in [0.717, 1.165) is 11.2 Å². The van der Waals surface area contributed by atoms with Crippen molar-refractivity contribution in [2.45, 2.75) is 65.3 Å². The van der Waals surface area contributed by atoms with Crippen LogP contribution in [0.25, 0.3) is 11.0 Å². The summed E-state index contributed by atoms with van der Waals surface area (Å²) >= 11 is 0. The molecule has 0 amide bonds. The summed E-state index contributed by atoms with van der Waals surface area (Å²) in [6, 6.07) is 6.56. The molecule has 0 radical (unpaired) electrons. The summed E-state index contributed by atoms with van der Waals surface area (Å²) in [5.74, 6) is 1.60. The summed E-state index contributed by atoms with van der Waals surface area (Å²) in [5.41, 5.74) is 8.91. The molecule has 110 valence electrons. The van der Waals surface area contributed by atoms with Crippen LogP contribution in [0.15, 0.2) is 18.2 Å². The summed E-state index contributed by atoms with van der Waals surface area (Å²) in [7, 11) is 0. The van der Waals surface area contributed by atoms with Crippen molar-refractivity contribution in [3.05, 3.63) is 24.0 Å². The largest absolute Gasteiger partial charge is 0.399 e. The number of hydrogen-bond acceptors (Lipinski definition) is 2. The molecule has 0 aliphatic heterocycles. The number of nitrogen functional groups attached to an aromatic ring is 1. The van der Waals surface area contributed by atoms with Gasteiger partial charge in [-0.25, -0.2) is 4.98 Å². The molecule has 2 aromatic rings. The van der Waals surface area contributed by atoms with E-state index in [1.807, 2.05) is 12.1 Å². The molecule has 0 saturated carbocycles. The Bertz CT molecular complexity index is 569. The molecule has 3 nitrogen and oxygen atoms in total. The van der Waals surface area contributed by atoms with E-state index in [0.29, 0.717) is 12.0 Å². The van der Waals surface area contributed by atoms with E-state index in [1.54, 1.807) is 0 Å². The Morgan fingerprint density at radius 2 is 1.95 bits per heavy atom. The van der Waals surface area contributed by atoms with Crippen LogP contribution >= 0.6 is 0 Å². The Morgan fingerprint density at radius 3 is 2.60 bits per heavy atom. The van der Waals surface area contributed by atoms with Gasteiger partial charge in [-0.05, 0) is 31.5 Å². The maximum Gasteiger partial charge on any atom is 0.112 e. The fourth-order valence-corrected chi connectivity index (χ4v) is 2.82. The van der Waals surface area contributed by atoms with Crippen LogP contribution in [0.5, 0.6) is 0 Å². The van der Waals surface area contributed by atoms with E-state index < -0.39 is 0 Å². The second kappa shape index (κ2) is 6.29. The molecular weight excluding hydrogens is 246 g/mol. The standard InChI is InChI=1S/C17H27N3/c1-5-6-7-8-13(4)20-16-10-9-14(18)11-15(16)19-17(20)12(2)3/h9-13H,5-8,18H2,1-4H3. The van der Waals surface area contributed by atoms with Gasteiger partial charge in [-0.2, -0.15) is 0 Å². The monoisotopic (exact) mass is 273 g/mol. The molecule has 0 aliphatic rings. The minimum atomic E-state index is 0.428. The lowest BCUT2D eigenvalue weighted by Crippen LogP contribution is -2.10. The zero-order chi connectivity index (χ0) is 14.7. The van der Waals surface area contributed by atoms with E-state index in [4.69, 9.17) is 10.7 Å².